The summed E-state index contributed by atoms with van der Waals surface area (Å²) >= 11 is 0. The fraction of sp³-hybridized carbons (Fsp3) is 0.350. The molecule has 2 aromatic rings. The summed E-state index contributed by atoms with van der Waals surface area (Å²) in [4.78, 5) is 12.3. The second-order valence-electron chi connectivity index (χ2n) is 6.29. The lowest BCUT2D eigenvalue weighted by Gasteiger charge is -2.21. The van der Waals surface area contributed by atoms with E-state index in [4.69, 9.17) is 9.47 Å². The molecule has 1 N–H and O–H groups in total. The van der Waals surface area contributed by atoms with Gasteiger partial charge in [-0.1, -0.05) is 24.3 Å². The molecular formula is C20H23NO3. The van der Waals surface area contributed by atoms with Crippen LogP contribution in [-0.2, 0) is 11.2 Å². The Morgan fingerprint density at radius 2 is 1.79 bits per heavy atom. The first-order valence-electron chi connectivity index (χ1n) is 8.28. The van der Waals surface area contributed by atoms with Gasteiger partial charge in [-0.05, 0) is 55.2 Å². The Kier molecular flexibility index (Phi) is 4.74. The molecule has 1 aliphatic heterocycles. The predicted molar refractivity (Wildman–Crippen MR) is 93.6 cm³/mol. The van der Waals surface area contributed by atoms with Gasteiger partial charge in [0.25, 0.3) is 0 Å². The van der Waals surface area contributed by atoms with E-state index in [0.29, 0.717) is 19.6 Å². The maximum atomic E-state index is 12.3. The van der Waals surface area contributed by atoms with Crippen LogP contribution in [0.1, 0.15) is 35.2 Å². The van der Waals surface area contributed by atoms with Crippen molar-refractivity contribution in [2.45, 2.75) is 33.2 Å². The average molecular weight is 325 g/mol. The second kappa shape index (κ2) is 6.95. The molecule has 0 bridgehead atoms. The van der Waals surface area contributed by atoms with Gasteiger partial charge in [-0.25, -0.2) is 0 Å². The number of aryl methyl sites for hydroxylation is 2. The molecule has 1 amide bonds. The van der Waals surface area contributed by atoms with E-state index in [1.165, 1.54) is 11.1 Å². The van der Waals surface area contributed by atoms with E-state index in [1.807, 2.05) is 31.2 Å². The zero-order valence-electron chi connectivity index (χ0n) is 14.4. The SMILES string of the molecule is Cc1ccc(CC(=O)N[C@H](C)c2ccc3c(c2)OCCO3)cc1C. The first-order valence-corrected chi connectivity index (χ1v) is 8.28. The highest BCUT2D eigenvalue weighted by molar-refractivity contribution is 5.79. The molecule has 0 aromatic heterocycles. The topological polar surface area (TPSA) is 47.6 Å². The number of hydrogen-bond donors (Lipinski definition) is 1. The first kappa shape index (κ1) is 16.4. The van der Waals surface area contributed by atoms with Gasteiger partial charge >= 0.3 is 0 Å². The monoisotopic (exact) mass is 325 g/mol. The van der Waals surface area contributed by atoms with Crippen molar-refractivity contribution in [1.29, 1.82) is 0 Å². The Bertz CT molecular complexity index is 755. The molecule has 3 rings (SSSR count). The van der Waals surface area contributed by atoms with E-state index in [0.717, 1.165) is 22.6 Å². The van der Waals surface area contributed by atoms with Gasteiger partial charge in [-0.15, -0.1) is 0 Å². The van der Waals surface area contributed by atoms with Crippen LogP contribution in [0.25, 0.3) is 0 Å². The van der Waals surface area contributed by atoms with E-state index in [1.54, 1.807) is 0 Å². The number of nitrogens with one attached hydrogen (secondary N) is 1. The van der Waals surface area contributed by atoms with Gasteiger partial charge in [0.1, 0.15) is 13.2 Å². The van der Waals surface area contributed by atoms with E-state index in [2.05, 4.69) is 31.3 Å². The summed E-state index contributed by atoms with van der Waals surface area (Å²) in [5, 5.41) is 3.05. The number of hydrogen-bond acceptors (Lipinski definition) is 3. The van der Waals surface area contributed by atoms with Gasteiger partial charge in [-0.3, -0.25) is 4.79 Å². The number of carbonyl (C=O) groups excluding carboxylic acids is 1. The fourth-order valence-electron chi connectivity index (χ4n) is 2.80. The molecule has 1 heterocycles. The summed E-state index contributed by atoms with van der Waals surface area (Å²) < 4.78 is 11.1. The standard InChI is InChI=1S/C20H23NO3/c1-13-4-5-16(10-14(13)2)11-20(22)21-15(3)17-6-7-18-19(12-17)24-9-8-23-18/h4-7,10,12,15H,8-9,11H2,1-3H3,(H,21,22)/t15-/m1/s1. The Hall–Kier alpha value is -2.49. The van der Waals surface area contributed by atoms with Crippen LogP contribution in [0, 0.1) is 13.8 Å². The lowest BCUT2D eigenvalue weighted by molar-refractivity contribution is -0.121. The number of ether oxygens (including phenoxy) is 2. The molecule has 126 valence electrons. The van der Waals surface area contributed by atoms with Crippen molar-refractivity contribution in [3.05, 3.63) is 58.7 Å². The largest absolute Gasteiger partial charge is 0.486 e. The van der Waals surface area contributed by atoms with Crippen LogP contribution in [-0.4, -0.2) is 19.1 Å². The van der Waals surface area contributed by atoms with Crippen molar-refractivity contribution in [2.24, 2.45) is 0 Å². The van der Waals surface area contributed by atoms with Crippen molar-refractivity contribution in [2.75, 3.05) is 13.2 Å². The normalized spacial score (nSPS) is 14.1. The van der Waals surface area contributed by atoms with E-state index in [9.17, 15) is 4.79 Å². The van der Waals surface area contributed by atoms with Crippen LogP contribution >= 0.6 is 0 Å². The smallest absolute Gasteiger partial charge is 0.224 e. The maximum absolute atomic E-state index is 12.3. The molecule has 0 spiro atoms. The van der Waals surface area contributed by atoms with Gasteiger partial charge in [0.05, 0.1) is 12.5 Å². The molecule has 0 radical (unpaired) electrons. The quantitative estimate of drug-likeness (QED) is 0.936. The highest BCUT2D eigenvalue weighted by Gasteiger charge is 2.16. The van der Waals surface area contributed by atoms with Crippen molar-refractivity contribution >= 4 is 5.91 Å². The van der Waals surface area contributed by atoms with Crippen LogP contribution in [0.3, 0.4) is 0 Å². The summed E-state index contributed by atoms with van der Waals surface area (Å²) in [5.74, 6) is 1.52. The predicted octanol–water partition coefficient (Wildman–Crippen LogP) is 3.49. The average Bonchev–Trinajstić information content (AvgIpc) is 2.57. The van der Waals surface area contributed by atoms with E-state index < -0.39 is 0 Å². The van der Waals surface area contributed by atoms with Crippen molar-refractivity contribution < 1.29 is 14.3 Å². The maximum Gasteiger partial charge on any atom is 0.224 e. The van der Waals surface area contributed by atoms with Crippen molar-refractivity contribution in [3.8, 4) is 11.5 Å². The molecule has 0 fully saturated rings. The first-order chi connectivity index (χ1) is 11.5. The summed E-state index contributed by atoms with van der Waals surface area (Å²) in [7, 11) is 0. The molecule has 2 aromatic carbocycles. The Labute approximate surface area is 142 Å². The van der Waals surface area contributed by atoms with Gasteiger partial charge < -0.3 is 14.8 Å². The molecule has 24 heavy (non-hydrogen) atoms. The molecular weight excluding hydrogens is 302 g/mol. The molecule has 1 aliphatic rings. The molecule has 1 atom stereocenters. The minimum atomic E-state index is -0.0835. The van der Waals surface area contributed by atoms with Gasteiger partial charge in [0.15, 0.2) is 11.5 Å². The van der Waals surface area contributed by atoms with E-state index >= 15 is 0 Å². The fourth-order valence-corrected chi connectivity index (χ4v) is 2.80. The van der Waals surface area contributed by atoms with E-state index in [-0.39, 0.29) is 11.9 Å². The number of rotatable bonds is 4. The molecule has 4 nitrogen and oxygen atoms in total. The number of fused-ring (bicyclic) bond motifs is 1. The van der Waals surface area contributed by atoms with Crippen LogP contribution in [0.4, 0.5) is 0 Å². The Morgan fingerprint density at radius 1 is 1.04 bits per heavy atom. The molecule has 0 saturated heterocycles. The summed E-state index contributed by atoms with van der Waals surface area (Å²) in [6.45, 7) is 7.25. The highest BCUT2D eigenvalue weighted by Crippen LogP contribution is 2.32. The van der Waals surface area contributed by atoms with Gasteiger partial charge in [0.2, 0.25) is 5.91 Å². The Morgan fingerprint density at radius 3 is 2.54 bits per heavy atom. The summed E-state index contributed by atoms with van der Waals surface area (Å²) in [6.07, 6.45) is 0.385. The third-order valence-corrected chi connectivity index (χ3v) is 4.38. The lowest BCUT2D eigenvalue weighted by atomic mass is 10.0. The zero-order chi connectivity index (χ0) is 17.1. The minimum Gasteiger partial charge on any atom is -0.486 e. The van der Waals surface area contributed by atoms with Crippen LogP contribution in [0.5, 0.6) is 11.5 Å². The number of benzene rings is 2. The molecule has 0 unspecified atom stereocenters. The van der Waals surface area contributed by atoms with Gasteiger partial charge in [0, 0.05) is 0 Å². The number of amides is 1. The summed E-state index contributed by atoms with van der Waals surface area (Å²) in [5.41, 5.74) is 4.49. The minimum absolute atomic E-state index is 0.0145. The highest BCUT2D eigenvalue weighted by atomic mass is 16.6. The van der Waals surface area contributed by atoms with Crippen LogP contribution in [0.15, 0.2) is 36.4 Å². The molecule has 0 aliphatic carbocycles. The molecule has 4 heteroatoms. The third-order valence-electron chi connectivity index (χ3n) is 4.38. The number of carbonyl (C=O) groups is 1. The zero-order valence-corrected chi connectivity index (χ0v) is 14.4. The molecule has 0 saturated carbocycles. The summed E-state index contributed by atoms with van der Waals surface area (Å²) in [6, 6.07) is 11.9. The second-order valence-corrected chi connectivity index (χ2v) is 6.29. The Balaban J connectivity index is 1.64. The van der Waals surface area contributed by atoms with Crippen molar-refractivity contribution in [3.63, 3.8) is 0 Å². The van der Waals surface area contributed by atoms with Crippen LogP contribution < -0.4 is 14.8 Å². The van der Waals surface area contributed by atoms with Gasteiger partial charge in [-0.2, -0.15) is 0 Å². The third kappa shape index (κ3) is 3.70. The van der Waals surface area contributed by atoms with Crippen LogP contribution in [0.2, 0.25) is 0 Å². The van der Waals surface area contributed by atoms with Crippen molar-refractivity contribution in [1.82, 2.24) is 5.32 Å². The lowest BCUT2D eigenvalue weighted by Crippen LogP contribution is -2.28.